The van der Waals surface area contributed by atoms with E-state index in [2.05, 4.69) is 16.8 Å². The molecule has 0 spiro atoms. The number of amides is 1. The van der Waals surface area contributed by atoms with Crippen molar-refractivity contribution < 1.29 is 4.79 Å². The second-order valence-electron chi connectivity index (χ2n) is 7.39. The molecule has 0 bridgehead atoms. The third kappa shape index (κ3) is 4.03. The van der Waals surface area contributed by atoms with Crippen LogP contribution in [0.15, 0.2) is 42.5 Å². The molecule has 0 radical (unpaired) electrons. The second-order valence-corrected chi connectivity index (χ2v) is 8.23. The summed E-state index contributed by atoms with van der Waals surface area (Å²) in [5.41, 5.74) is 2.82. The highest BCUT2D eigenvalue weighted by atomic mass is 35.5. The maximum Gasteiger partial charge on any atom is 0.243 e. The molecule has 1 fully saturated rings. The van der Waals surface area contributed by atoms with Gasteiger partial charge in [0.05, 0.1) is 11.0 Å². The Morgan fingerprint density at radius 3 is 2.75 bits per heavy atom. The normalized spacial score (nSPS) is 15.0. The van der Waals surface area contributed by atoms with Crippen LogP contribution in [0.25, 0.3) is 11.0 Å². The number of nitrogens with zero attached hydrogens (tertiary/aromatic N) is 2. The lowest BCUT2D eigenvalue weighted by atomic mass is 10.1. The van der Waals surface area contributed by atoms with Crippen LogP contribution >= 0.6 is 23.2 Å². The van der Waals surface area contributed by atoms with Crippen molar-refractivity contribution in [3.63, 3.8) is 0 Å². The lowest BCUT2D eigenvalue weighted by Crippen LogP contribution is -2.34. The van der Waals surface area contributed by atoms with Gasteiger partial charge in [0.25, 0.3) is 0 Å². The van der Waals surface area contributed by atoms with E-state index in [-0.39, 0.29) is 11.9 Å². The molecule has 0 unspecified atom stereocenters. The van der Waals surface area contributed by atoms with Gasteiger partial charge in [-0.2, -0.15) is 0 Å². The summed E-state index contributed by atoms with van der Waals surface area (Å²) in [6, 6.07) is 13.5. The molecule has 4 rings (SSSR count). The molecular formula is C22H23Cl2N3O. The average Bonchev–Trinajstić information content (AvgIpc) is 3.41. The molecule has 28 heavy (non-hydrogen) atoms. The fraction of sp³-hybridized carbons (Fsp3) is 0.364. The number of nitrogens with one attached hydrogen (secondary N) is 1. The van der Waals surface area contributed by atoms with Crippen molar-refractivity contribution in [3.05, 3.63) is 63.9 Å². The van der Waals surface area contributed by atoms with Crippen LogP contribution < -0.4 is 5.32 Å². The number of carbonyl (C=O) groups excluding carboxylic acids is 1. The standard InChI is InChI=1S/C22H23Cl2N3O/c1-2-5-20(22(28)25-16-10-11-16)27-19-7-4-3-6-18(19)26-21(27)12-14-8-9-15(23)13-17(14)24/h3-4,6-9,13,16,20H,2,5,10-12H2,1H3,(H,25,28)/t20-/m0/s1. The van der Waals surface area contributed by atoms with Crippen molar-refractivity contribution >= 4 is 40.1 Å². The van der Waals surface area contributed by atoms with Crippen LogP contribution in [-0.2, 0) is 11.2 Å². The number of aromatic nitrogens is 2. The summed E-state index contributed by atoms with van der Waals surface area (Å²) < 4.78 is 2.10. The molecule has 0 aliphatic heterocycles. The largest absolute Gasteiger partial charge is 0.352 e. The van der Waals surface area contributed by atoms with E-state index in [1.54, 1.807) is 6.07 Å². The summed E-state index contributed by atoms with van der Waals surface area (Å²) in [6.45, 7) is 2.10. The van der Waals surface area contributed by atoms with Crippen LogP contribution in [0.3, 0.4) is 0 Å². The fourth-order valence-corrected chi connectivity index (χ4v) is 4.05. The number of imidazole rings is 1. The Bertz CT molecular complexity index is 1010. The predicted octanol–water partition coefficient (Wildman–Crippen LogP) is 5.55. The van der Waals surface area contributed by atoms with Crippen LogP contribution in [-0.4, -0.2) is 21.5 Å². The predicted molar refractivity (Wildman–Crippen MR) is 114 cm³/mol. The first-order valence-electron chi connectivity index (χ1n) is 9.77. The summed E-state index contributed by atoms with van der Waals surface area (Å²) in [6.07, 6.45) is 4.36. The Balaban J connectivity index is 1.78. The number of carbonyl (C=O) groups is 1. The lowest BCUT2D eigenvalue weighted by Gasteiger charge is -2.21. The zero-order chi connectivity index (χ0) is 19.7. The van der Waals surface area contributed by atoms with Gasteiger partial charge in [0.15, 0.2) is 0 Å². The van der Waals surface area contributed by atoms with E-state index in [0.29, 0.717) is 22.5 Å². The van der Waals surface area contributed by atoms with E-state index in [1.807, 2.05) is 36.4 Å². The van der Waals surface area contributed by atoms with Gasteiger partial charge in [-0.1, -0.05) is 54.7 Å². The Morgan fingerprint density at radius 2 is 2.04 bits per heavy atom. The van der Waals surface area contributed by atoms with Crippen molar-refractivity contribution in [2.75, 3.05) is 0 Å². The van der Waals surface area contributed by atoms with E-state index in [4.69, 9.17) is 28.2 Å². The molecule has 1 aliphatic carbocycles. The zero-order valence-electron chi connectivity index (χ0n) is 15.8. The molecule has 4 nitrogen and oxygen atoms in total. The number of benzene rings is 2. The Kier molecular flexibility index (Phi) is 5.61. The third-order valence-electron chi connectivity index (χ3n) is 5.13. The van der Waals surface area contributed by atoms with Crippen molar-refractivity contribution in [2.24, 2.45) is 0 Å². The van der Waals surface area contributed by atoms with Gasteiger partial charge in [0.2, 0.25) is 5.91 Å². The maximum atomic E-state index is 13.0. The Hall–Kier alpha value is -2.04. The van der Waals surface area contributed by atoms with Crippen molar-refractivity contribution in [1.29, 1.82) is 0 Å². The van der Waals surface area contributed by atoms with Crippen LogP contribution in [0.2, 0.25) is 10.0 Å². The van der Waals surface area contributed by atoms with Crippen LogP contribution in [0, 0.1) is 0 Å². The van der Waals surface area contributed by atoms with Crippen molar-refractivity contribution in [3.8, 4) is 0 Å². The van der Waals surface area contributed by atoms with Gasteiger partial charge >= 0.3 is 0 Å². The van der Waals surface area contributed by atoms with E-state index >= 15 is 0 Å². The number of hydrogen-bond acceptors (Lipinski definition) is 2. The van der Waals surface area contributed by atoms with Gasteiger partial charge in [-0.15, -0.1) is 0 Å². The average molecular weight is 416 g/mol. The molecule has 1 saturated carbocycles. The topological polar surface area (TPSA) is 46.9 Å². The molecule has 1 heterocycles. The Labute approximate surface area is 174 Å². The van der Waals surface area contributed by atoms with Crippen molar-refractivity contribution in [2.45, 2.75) is 51.1 Å². The van der Waals surface area contributed by atoms with Gasteiger partial charge in [-0.05, 0) is 49.1 Å². The molecule has 1 aromatic heterocycles. The molecule has 6 heteroatoms. The maximum absolute atomic E-state index is 13.0. The number of rotatable bonds is 7. The molecule has 1 atom stereocenters. The van der Waals surface area contributed by atoms with E-state index in [1.165, 1.54) is 0 Å². The molecule has 0 saturated heterocycles. The molecule has 146 valence electrons. The molecule has 1 N–H and O–H groups in total. The minimum absolute atomic E-state index is 0.0796. The molecule has 1 aliphatic rings. The van der Waals surface area contributed by atoms with E-state index in [9.17, 15) is 4.79 Å². The minimum atomic E-state index is -0.279. The first kappa shape index (κ1) is 19.3. The summed E-state index contributed by atoms with van der Waals surface area (Å²) >= 11 is 12.5. The first-order chi connectivity index (χ1) is 13.6. The molecule has 1 amide bonds. The van der Waals surface area contributed by atoms with Gasteiger partial charge in [0, 0.05) is 22.5 Å². The number of halogens is 2. The van der Waals surface area contributed by atoms with Crippen LogP contribution in [0.4, 0.5) is 0 Å². The fourth-order valence-electron chi connectivity index (χ4n) is 3.58. The minimum Gasteiger partial charge on any atom is -0.352 e. The van der Waals surface area contributed by atoms with Gasteiger partial charge in [-0.3, -0.25) is 4.79 Å². The number of fused-ring (bicyclic) bond motifs is 1. The number of para-hydroxylation sites is 2. The molecule has 3 aromatic rings. The SMILES string of the molecule is CCC[C@@H](C(=O)NC1CC1)n1c(Cc2ccc(Cl)cc2Cl)nc2ccccc21. The summed E-state index contributed by atoms with van der Waals surface area (Å²) in [5, 5.41) is 4.39. The molecular weight excluding hydrogens is 393 g/mol. The summed E-state index contributed by atoms with van der Waals surface area (Å²) in [5.74, 6) is 0.922. The lowest BCUT2D eigenvalue weighted by molar-refractivity contribution is -0.124. The highest BCUT2D eigenvalue weighted by molar-refractivity contribution is 6.35. The van der Waals surface area contributed by atoms with Crippen LogP contribution in [0.1, 0.15) is 50.0 Å². The highest BCUT2D eigenvalue weighted by Gasteiger charge is 2.30. The smallest absolute Gasteiger partial charge is 0.243 e. The third-order valence-corrected chi connectivity index (χ3v) is 5.72. The second kappa shape index (κ2) is 8.14. The Morgan fingerprint density at radius 1 is 1.25 bits per heavy atom. The van der Waals surface area contributed by atoms with Gasteiger partial charge in [-0.25, -0.2) is 4.98 Å². The van der Waals surface area contributed by atoms with E-state index in [0.717, 1.165) is 48.1 Å². The highest BCUT2D eigenvalue weighted by Crippen LogP contribution is 2.30. The van der Waals surface area contributed by atoms with E-state index < -0.39 is 0 Å². The van der Waals surface area contributed by atoms with Crippen LogP contribution in [0.5, 0.6) is 0 Å². The quantitative estimate of drug-likeness (QED) is 0.549. The first-order valence-corrected chi connectivity index (χ1v) is 10.5. The monoisotopic (exact) mass is 415 g/mol. The van der Waals surface area contributed by atoms with Gasteiger partial charge in [0.1, 0.15) is 11.9 Å². The van der Waals surface area contributed by atoms with Gasteiger partial charge < -0.3 is 9.88 Å². The number of hydrogen-bond donors (Lipinski definition) is 1. The summed E-state index contributed by atoms with van der Waals surface area (Å²) in [7, 11) is 0. The molecule has 2 aromatic carbocycles. The summed E-state index contributed by atoms with van der Waals surface area (Å²) in [4.78, 5) is 17.9. The van der Waals surface area contributed by atoms with Crippen molar-refractivity contribution in [1.82, 2.24) is 14.9 Å². The zero-order valence-corrected chi connectivity index (χ0v) is 17.3.